The molecule has 0 radical (unpaired) electrons. The van der Waals surface area contributed by atoms with Gasteiger partial charge in [-0.3, -0.25) is 14.5 Å². The Morgan fingerprint density at radius 1 is 1.21 bits per heavy atom. The fraction of sp³-hybridized carbons (Fsp3) is 0.290. The van der Waals surface area contributed by atoms with Crippen LogP contribution < -0.4 is 16.0 Å². The fourth-order valence-corrected chi connectivity index (χ4v) is 7.07. The molecule has 2 heterocycles. The molecule has 1 aromatic heterocycles. The average Bonchev–Trinajstić information content (AvgIpc) is 3.43. The third kappa shape index (κ3) is 6.18. The van der Waals surface area contributed by atoms with Gasteiger partial charge in [-0.05, 0) is 54.2 Å². The zero-order chi connectivity index (χ0) is 30.9. The van der Waals surface area contributed by atoms with Gasteiger partial charge in [-0.1, -0.05) is 61.2 Å². The van der Waals surface area contributed by atoms with Crippen molar-refractivity contribution in [2.45, 2.75) is 43.9 Å². The highest BCUT2D eigenvalue weighted by Gasteiger charge is 2.45. The van der Waals surface area contributed by atoms with E-state index in [1.165, 1.54) is 30.2 Å². The minimum atomic E-state index is -0.696. The Morgan fingerprint density at radius 3 is 2.63 bits per heavy atom. The molecule has 5 rings (SSSR count). The van der Waals surface area contributed by atoms with Crippen LogP contribution in [0.25, 0.3) is 0 Å². The van der Waals surface area contributed by atoms with Crippen LogP contribution in [0.1, 0.15) is 54.1 Å². The van der Waals surface area contributed by atoms with E-state index in [4.69, 9.17) is 10.5 Å². The molecule has 43 heavy (non-hydrogen) atoms. The molecular weight excluding hydrogens is 585 g/mol. The van der Waals surface area contributed by atoms with Crippen LogP contribution in [0.2, 0.25) is 0 Å². The number of benzene rings is 2. The van der Waals surface area contributed by atoms with Crippen molar-refractivity contribution in [3.05, 3.63) is 87.9 Å². The highest BCUT2D eigenvalue weighted by Crippen LogP contribution is 2.50. The predicted molar refractivity (Wildman–Crippen MR) is 165 cm³/mol. The first-order valence-corrected chi connectivity index (χ1v) is 15.3. The number of allylic oxidation sites excluding steroid dienone is 3. The topological polar surface area (TPSA) is 151 Å². The zero-order valence-electron chi connectivity index (χ0n) is 24.1. The standard InChI is InChI=1S/C31H30N6O4S2/c1-17-6-5-7-20(12-17)34-24(39)16-42-30-36-35-29(43-30)37-22-13-31(2,3)14-23(38)26(22)25(21(15-32)27(37)33)18-8-10-19(11-9-18)28(40)41-4/h5-12,25H,13-14,16,33H2,1-4H3,(H,34,39). The van der Waals surface area contributed by atoms with Gasteiger partial charge < -0.3 is 15.8 Å². The summed E-state index contributed by atoms with van der Waals surface area (Å²) in [6.07, 6.45) is 0.827. The predicted octanol–water partition coefficient (Wildman–Crippen LogP) is 5.30. The van der Waals surface area contributed by atoms with Crippen molar-refractivity contribution < 1.29 is 19.1 Å². The Labute approximate surface area is 257 Å². The quantitative estimate of drug-likeness (QED) is 0.265. The summed E-state index contributed by atoms with van der Waals surface area (Å²) < 4.78 is 5.35. The molecule has 3 N–H and O–H groups in total. The molecule has 2 aromatic carbocycles. The molecule has 0 saturated carbocycles. The Hall–Kier alpha value is -4.47. The summed E-state index contributed by atoms with van der Waals surface area (Å²) in [7, 11) is 1.31. The molecule has 220 valence electrons. The number of hydrogen-bond donors (Lipinski definition) is 2. The largest absolute Gasteiger partial charge is 0.465 e. The lowest BCUT2D eigenvalue weighted by atomic mass is 9.68. The molecule has 10 nitrogen and oxygen atoms in total. The minimum Gasteiger partial charge on any atom is -0.465 e. The van der Waals surface area contributed by atoms with Gasteiger partial charge >= 0.3 is 5.97 Å². The van der Waals surface area contributed by atoms with Gasteiger partial charge in [0, 0.05) is 23.4 Å². The van der Waals surface area contributed by atoms with Crippen molar-refractivity contribution in [2.24, 2.45) is 11.1 Å². The number of nitrogens with two attached hydrogens (primary N) is 1. The van der Waals surface area contributed by atoms with Crippen LogP contribution in [0, 0.1) is 23.7 Å². The summed E-state index contributed by atoms with van der Waals surface area (Å²) in [4.78, 5) is 40.0. The summed E-state index contributed by atoms with van der Waals surface area (Å²) in [5.41, 5.74) is 10.5. The Kier molecular flexibility index (Phi) is 8.39. The maximum absolute atomic E-state index is 13.7. The maximum Gasteiger partial charge on any atom is 0.337 e. The Morgan fingerprint density at radius 2 is 1.95 bits per heavy atom. The van der Waals surface area contributed by atoms with Crippen molar-refractivity contribution in [2.75, 3.05) is 23.1 Å². The molecule has 0 saturated heterocycles. The summed E-state index contributed by atoms with van der Waals surface area (Å²) >= 11 is 2.48. The van der Waals surface area contributed by atoms with Crippen LogP contribution in [0.4, 0.5) is 10.8 Å². The lowest BCUT2D eigenvalue weighted by Gasteiger charge is -2.42. The number of aryl methyl sites for hydroxylation is 1. The molecular formula is C31H30N6O4S2. The summed E-state index contributed by atoms with van der Waals surface area (Å²) in [6.45, 7) is 5.98. The molecule has 1 unspecified atom stereocenters. The van der Waals surface area contributed by atoms with E-state index in [1.54, 1.807) is 29.2 Å². The molecule has 0 bridgehead atoms. The number of rotatable bonds is 7. The number of anilines is 2. The molecule has 1 amide bonds. The van der Waals surface area contributed by atoms with E-state index in [0.29, 0.717) is 44.7 Å². The molecule has 0 spiro atoms. The minimum absolute atomic E-state index is 0.0783. The van der Waals surface area contributed by atoms with Crippen LogP contribution >= 0.6 is 23.1 Å². The number of nitrogens with one attached hydrogen (secondary N) is 1. The number of nitriles is 1. The van der Waals surface area contributed by atoms with Crippen molar-refractivity contribution in [1.82, 2.24) is 10.2 Å². The number of carbonyl (C=O) groups is 3. The smallest absolute Gasteiger partial charge is 0.337 e. The number of aromatic nitrogens is 2. The third-order valence-electron chi connectivity index (χ3n) is 7.26. The lowest BCUT2D eigenvalue weighted by molar-refractivity contribution is -0.118. The van der Waals surface area contributed by atoms with E-state index in [0.717, 1.165) is 11.3 Å². The van der Waals surface area contributed by atoms with Crippen molar-refractivity contribution in [1.29, 1.82) is 5.26 Å². The first kappa shape index (κ1) is 30.0. The van der Waals surface area contributed by atoms with E-state index >= 15 is 0 Å². The number of hydrogen-bond acceptors (Lipinski definition) is 11. The van der Waals surface area contributed by atoms with Gasteiger partial charge in [0.1, 0.15) is 5.82 Å². The van der Waals surface area contributed by atoms with E-state index in [9.17, 15) is 19.6 Å². The number of Topliss-reactive ketones (excluding diaryl/α,β-unsaturated/α-hetero) is 1. The molecule has 2 aliphatic rings. The molecule has 3 aromatic rings. The Balaban J connectivity index is 1.47. The first-order chi connectivity index (χ1) is 20.5. The van der Waals surface area contributed by atoms with Crippen LogP contribution in [-0.2, 0) is 14.3 Å². The second-order valence-electron chi connectivity index (χ2n) is 11.2. The fourth-order valence-electron chi connectivity index (χ4n) is 5.39. The van der Waals surface area contributed by atoms with Gasteiger partial charge in [0.25, 0.3) is 0 Å². The number of ketones is 1. The number of carbonyl (C=O) groups excluding carboxylic acids is 3. The summed E-state index contributed by atoms with van der Waals surface area (Å²) in [5, 5.41) is 22.2. The van der Waals surface area contributed by atoms with Gasteiger partial charge in [-0.2, -0.15) is 5.26 Å². The summed E-state index contributed by atoms with van der Waals surface area (Å²) in [5.74, 6) is -1.14. The molecule has 1 atom stereocenters. The highest BCUT2D eigenvalue weighted by atomic mass is 32.2. The number of methoxy groups -OCH3 is 1. The lowest BCUT2D eigenvalue weighted by Crippen LogP contribution is -2.42. The van der Waals surface area contributed by atoms with Crippen LogP contribution in [0.5, 0.6) is 0 Å². The highest BCUT2D eigenvalue weighted by molar-refractivity contribution is 8.01. The molecule has 1 aliphatic heterocycles. The van der Waals surface area contributed by atoms with Gasteiger partial charge in [0.05, 0.1) is 36.0 Å². The SMILES string of the molecule is COC(=O)c1ccc(C2C(C#N)=C(N)N(c3nnc(SCC(=O)Nc4cccc(C)c4)s3)C3=C2C(=O)CC(C)(C)C3)cc1. The van der Waals surface area contributed by atoms with Crippen molar-refractivity contribution in [3.63, 3.8) is 0 Å². The van der Waals surface area contributed by atoms with Crippen molar-refractivity contribution in [3.8, 4) is 6.07 Å². The van der Waals surface area contributed by atoms with Crippen LogP contribution in [-0.4, -0.2) is 40.7 Å². The second kappa shape index (κ2) is 12.0. The first-order valence-electron chi connectivity index (χ1n) is 13.5. The summed E-state index contributed by atoms with van der Waals surface area (Å²) in [6, 6.07) is 16.4. The monoisotopic (exact) mass is 614 g/mol. The van der Waals surface area contributed by atoms with Gasteiger partial charge in [-0.25, -0.2) is 4.79 Å². The number of amides is 1. The van der Waals surface area contributed by atoms with E-state index < -0.39 is 11.9 Å². The number of nitrogens with zero attached hydrogens (tertiary/aromatic N) is 4. The number of thioether (sulfide) groups is 1. The van der Waals surface area contributed by atoms with Gasteiger partial charge in [0.15, 0.2) is 10.1 Å². The van der Waals surface area contributed by atoms with Crippen molar-refractivity contribution >= 4 is 51.6 Å². The Bertz CT molecular complexity index is 1720. The second-order valence-corrected chi connectivity index (χ2v) is 13.3. The zero-order valence-corrected chi connectivity index (χ0v) is 25.8. The average molecular weight is 615 g/mol. The van der Waals surface area contributed by atoms with Gasteiger partial charge in [0.2, 0.25) is 11.0 Å². The number of ether oxygens (including phenoxy) is 1. The maximum atomic E-state index is 13.7. The molecule has 0 fully saturated rings. The van der Waals surface area contributed by atoms with E-state index in [-0.39, 0.29) is 34.3 Å². The van der Waals surface area contributed by atoms with Crippen LogP contribution in [0.15, 0.2) is 75.5 Å². The van der Waals surface area contributed by atoms with Gasteiger partial charge in [-0.15, -0.1) is 10.2 Å². The van der Waals surface area contributed by atoms with E-state index in [2.05, 4.69) is 21.6 Å². The van der Waals surface area contributed by atoms with Crippen LogP contribution in [0.3, 0.4) is 0 Å². The normalized spacial score (nSPS) is 17.8. The number of esters is 1. The third-order valence-corrected chi connectivity index (χ3v) is 9.30. The molecule has 12 heteroatoms. The van der Waals surface area contributed by atoms with E-state index in [1.807, 2.05) is 45.0 Å². The molecule has 1 aliphatic carbocycles.